The van der Waals surface area contributed by atoms with E-state index < -0.39 is 0 Å². The van der Waals surface area contributed by atoms with E-state index in [9.17, 15) is 4.79 Å². The molecule has 0 saturated carbocycles. The molecule has 3 heterocycles. The van der Waals surface area contributed by atoms with Crippen LogP contribution < -0.4 is 5.73 Å². The van der Waals surface area contributed by atoms with Crippen LogP contribution in [0.4, 0.5) is 5.82 Å². The lowest BCUT2D eigenvalue weighted by Crippen LogP contribution is -2.37. The highest BCUT2D eigenvalue weighted by atomic mass is 16.2. The van der Waals surface area contributed by atoms with E-state index in [0.717, 1.165) is 22.2 Å². The average Bonchev–Trinajstić information content (AvgIpc) is 2.60. The molecule has 0 aliphatic carbocycles. The maximum Gasteiger partial charge on any atom is 0.272 e. The predicted octanol–water partition coefficient (Wildman–Crippen LogP) is 1.81. The van der Waals surface area contributed by atoms with Gasteiger partial charge in [-0.3, -0.25) is 4.79 Å². The van der Waals surface area contributed by atoms with Gasteiger partial charge in [-0.25, -0.2) is 15.0 Å². The van der Waals surface area contributed by atoms with Crippen molar-refractivity contribution in [3.8, 4) is 0 Å². The SMILES string of the molecule is Nc1ncnc2c1CCN(C(=O)c1ccc3ccccc3n1)C2. The summed E-state index contributed by atoms with van der Waals surface area (Å²) in [4.78, 5) is 27.2. The molecule has 6 nitrogen and oxygen atoms in total. The van der Waals surface area contributed by atoms with Gasteiger partial charge in [-0.2, -0.15) is 0 Å². The molecule has 6 heteroatoms. The Bertz CT molecular complexity index is 908. The van der Waals surface area contributed by atoms with E-state index >= 15 is 0 Å². The van der Waals surface area contributed by atoms with Crippen LogP contribution in [0.2, 0.25) is 0 Å². The van der Waals surface area contributed by atoms with Gasteiger partial charge in [0.05, 0.1) is 17.8 Å². The van der Waals surface area contributed by atoms with Gasteiger partial charge >= 0.3 is 0 Å². The van der Waals surface area contributed by atoms with E-state index in [1.807, 2.05) is 30.3 Å². The van der Waals surface area contributed by atoms with E-state index in [1.165, 1.54) is 6.33 Å². The molecule has 0 spiro atoms. The highest BCUT2D eigenvalue weighted by Gasteiger charge is 2.25. The number of nitrogen functional groups attached to an aromatic ring is 1. The maximum absolute atomic E-state index is 12.7. The summed E-state index contributed by atoms with van der Waals surface area (Å²) in [6.45, 7) is 1.04. The number of aromatic nitrogens is 3. The van der Waals surface area contributed by atoms with E-state index in [0.29, 0.717) is 31.0 Å². The van der Waals surface area contributed by atoms with Crippen molar-refractivity contribution in [2.75, 3.05) is 12.3 Å². The van der Waals surface area contributed by atoms with Gasteiger partial charge in [-0.15, -0.1) is 0 Å². The number of anilines is 1. The standard InChI is InChI=1S/C17H15N5O/c18-16-12-7-8-22(9-15(12)19-10-20-16)17(23)14-6-5-11-3-1-2-4-13(11)21-14/h1-6,10H,7-9H2,(H2,18,19,20). The molecule has 23 heavy (non-hydrogen) atoms. The number of hydrogen-bond acceptors (Lipinski definition) is 5. The Morgan fingerprint density at radius 2 is 2.00 bits per heavy atom. The fourth-order valence-corrected chi connectivity index (χ4v) is 2.90. The van der Waals surface area contributed by atoms with E-state index in [1.54, 1.807) is 11.0 Å². The quantitative estimate of drug-likeness (QED) is 0.741. The van der Waals surface area contributed by atoms with Crippen LogP contribution in [-0.2, 0) is 13.0 Å². The van der Waals surface area contributed by atoms with Crippen molar-refractivity contribution in [1.82, 2.24) is 19.9 Å². The number of hydrogen-bond donors (Lipinski definition) is 1. The first kappa shape index (κ1) is 13.6. The molecule has 0 unspecified atom stereocenters. The number of nitrogens with two attached hydrogens (primary N) is 1. The summed E-state index contributed by atoms with van der Waals surface area (Å²) < 4.78 is 0. The first-order chi connectivity index (χ1) is 11.2. The molecule has 0 fully saturated rings. The number of pyridine rings is 1. The Hall–Kier alpha value is -3.02. The largest absolute Gasteiger partial charge is 0.383 e. The van der Waals surface area contributed by atoms with Crippen LogP contribution in [0.15, 0.2) is 42.7 Å². The van der Waals surface area contributed by atoms with Crippen LogP contribution in [-0.4, -0.2) is 32.3 Å². The zero-order valence-electron chi connectivity index (χ0n) is 12.4. The first-order valence-electron chi connectivity index (χ1n) is 7.45. The van der Waals surface area contributed by atoms with Crippen LogP contribution >= 0.6 is 0 Å². The van der Waals surface area contributed by atoms with Gasteiger partial charge < -0.3 is 10.6 Å². The molecule has 0 radical (unpaired) electrons. The number of amides is 1. The van der Waals surface area contributed by atoms with Gasteiger partial charge in [-0.05, 0) is 18.6 Å². The summed E-state index contributed by atoms with van der Waals surface area (Å²) in [6, 6.07) is 11.5. The molecule has 2 N–H and O–H groups in total. The third kappa shape index (κ3) is 2.38. The van der Waals surface area contributed by atoms with E-state index in [2.05, 4.69) is 15.0 Å². The second kappa shape index (κ2) is 5.31. The molecular formula is C17H15N5O. The lowest BCUT2D eigenvalue weighted by molar-refractivity contribution is 0.0726. The lowest BCUT2D eigenvalue weighted by atomic mass is 10.1. The summed E-state index contributed by atoms with van der Waals surface area (Å²) in [6.07, 6.45) is 2.11. The number of para-hydroxylation sites is 1. The van der Waals surface area contributed by atoms with Gasteiger partial charge in [0.1, 0.15) is 17.8 Å². The number of fused-ring (bicyclic) bond motifs is 2. The fraction of sp³-hybridized carbons (Fsp3) is 0.176. The molecule has 4 rings (SSSR count). The van der Waals surface area contributed by atoms with Crippen LogP contribution in [0.1, 0.15) is 21.7 Å². The van der Waals surface area contributed by atoms with Crippen LogP contribution in [0.5, 0.6) is 0 Å². The molecule has 2 aromatic heterocycles. The molecule has 0 saturated heterocycles. The van der Waals surface area contributed by atoms with Gasteiger partial charge in [-0.1, -0.05) is 24.3 Å². The van der Waals surface area contributed by atoms with Crippen molar-refractivity contribution < 1.29 is 4.79 Å². The zero-order chi connectivity index (χ0) is 15.8. The van der Waals surface area contributed by atoms with Gasteiger partial charge in [0.2, 0.25) is 0 Å². The molecule has 1 amide bonds. The van der Waals surface area contributed by atoms with Crippen LogP contribution in [0.25, 0.3) is 10.9 Å². The minimum Gasteiger partial charge on any atom is -0.383 e. The lowest BCUT2D eigenvalue weighted by Gasteiger charge is -2.28. The first-order valence-corrected chi connectivity index (χ1v) is 7.45. The third-order valence-corrected chi connectivity index (χ3v) is 4.15. The Labute approximate surface area is 133 Å². The molecule has 114 valence electrons. The van der Waals surface area contributed by atoms with E-state index in [-0.39, 0.29) is 5.91 Å². The van der Waals surface area contributed by atoms with Crippen molar-refractivity contribution in [2.24, 2.45) is 0 Å². The monoisotopic (exact) mass is 305 g/mol. The van der Waals surface area contributed by atoms with Crippen molar-refractivity contribution in [1.29, 1.82) is 0 Å². The van der Waals surface area contributed by atoms with Crippen molar-refractivity contribution in [3.05, 3.63) is 59.7 Å². The second-order valence-electron chi connectivity index (χ2n) is 5.55. The summed E-state index contributed by atoms with van der Waals surface area (Å²) in [5.74, 6) is 0.421. The van der Waals surface area contributed by atoms with E-state index in [4.69, 9.17) is 5.73 Å². The van der Waals surface area contributed by atoms with Crippen LogP contribution in [0.3, 0.4) is 0 Å². The van der Waals surface area contributed by atoms with Crippen molar-refractivity contribution >= 4 is 22.6 Å². The zero-order valence-corrected chi connectivity index (χ0v) is 12.4. The molecule has 1 aliphatic heterocycles. The molecule has 1 aromatic carbocycles. The number of carbonyl (C=O) groups is 1. The topological polar surface area (TPSA) is 85.0 Å². The summed E-state index contributed by atoms with van der Waals surface area (Å²) in [5.41, 5.74) is 8.91. The van der Waals surface area contributed by atoms with Crippen LogP contribution in [0, 0.1) is 0 Å². The highest BCUT2D eigenvalue weighted by molar-refractivity contribution is 5.95. The van der Waals surface area contributed by atoms with Gasteiger partial charge in [0, 0.05) is 17.5 Å². The molecule has 1 aliphatic rings. The Morgan fingerprint density at radius 1 is 1.13 bits per heavy atom. The van der Waals surface area contributed by atoms with Crippen molar-refractivity contribution in [2.45, 2.75) is 13.0 Å². The summed E-state index contributed by atoms with van der Waals surface area (Å²) >= 11 is 0. The summed E-state index contributed by atoms with van der Waals surface area (Å²) in [7, 11) is 0. The molecule has 0 atom stereocenters. The minimum absolute atomic E-state index is 0.0846. The maximum atomic E-state index is 12.7. The fourth-order valence-electron chi connectivity index (χ4n) is 2.90. The average molecular weight is 305 g/mol. The number of nitrogens with zero attached hydrogens (tertiary/aromatic N) is 4. The van der Waals surface area contributed by atoms with Crippen molar-refractivity contribution in [3.63, 3.8) is 0 Å². The Morgan fingerprint density at radius 3 is 2.91 bits per heavy atom. The molecule has 3 aromatic rings. The summed E-state index contributed by atoms with van der Waals surface area (Å²) in [5, 5.41) is 1.02. The smallest absolute Gasteiger partial charge is 0.272 e. The van der Waals surface area contributed by atoms with Gasteiger partial charge in [0.25, 0.3) is 5.91 Å². The Balaban J connectivity index is 1.64. The number of rotatable bonds is 1. The minimum atomic E-state index is -0.0846. The molecule has 0 bridgehead atoms. The second-order valence-corrected chi connectivity index (χ2v) is 5.55. The Kier molecular flexibility index (Phi) is 3.15. The number of benzene rings is 1. The predicted molar refractivity (Wildman–Crippen MR) is 86.6 cm³/mol. The highest BCUT2D eigenvalue weighted by Crippen LogP contribution is 2.22. The molecular weight excluding hydrogens is 290 g/mol. The third-order valence-electron chi connectivity index (χ3n) is 4.15. The number of carbonyl (C=O) groups excluding carboxylic acids is 1. The normalized spacial score (nSPS) is 13.8. The van der Waals surface area contributed by atoms with Gasteiger partial charge in [0.15, 0.2) is 0 Å².